The van der Waals surface area contributed by atoms with E-state index in [2.05, 4.69) is 0 Å². The third kappa shape index (κ3) is 2.21. The number of nitrogens with zero attached hydrogens (tertiary/aromatic N) is 1. The maximum atomic E-state index is 10.5. The van der Waals surface area contributed by atoms with E-state index < -0.39 is 12.1 Å². The minimum Gasteiger partial charge on any atom is -0.479 e. The van der Waals surface area contributed by atoms with Gasteiger partial charge in [-0.3, -0.25) is 0 Å². The number of nitriles is 1. The van der Waals surface area contributed by atoms with Crippen molar-refractivity contribution in [3.8, 4) is 6.07 Å². The van der Waals surface area contributed by atoms with Gasteiger partial charge in [0.05, 0.1) is 15.6 Å². The maximum Gasteiger partial charge on any atom is 0.337 e. The molecule has 0 aliphatic carbocycles. The first-order chi connectivity index (χ1) is 6.99. The van der Waals surface area contributed by atoms with Gasteiger partial charge >= 0.3 is 5.97 Å². The lowest BCUT2D eigenvalue weighted by molar-refractivity contribution is -0.146. The van der Waals surface area contributed by atoms with Gasteiger partial charge in [-0.1, -0.05) is 29.3 Å². The molecule has 2 N–H and O–H groups in total. The molecule has 0 heterocycles. The Labute approximate surface area is 95.3 Å². The summed E-state index contributed by atoms with van der Waals surface area (Å²) >= 11 is 11.4. The monoisotopic (exact) mass is 245 g/mol. The normalized spacial score (nSPS) is 11.9. The van der Waals surface area contributed by atoms with E-state index >= 15 is 0 Å². The van der Waals surface area contributed by atoms with Crippen LogP contribution >= 0.6 is 23.2 Å². The Kier molecular flexibility index (Phi) is 3.53. The van der Waals surface area contributed by atoms with E-state index in [0.717, 1.165) is 0 Å². The van der Waals surface area contributed by atoms with Crippen molar-refractivity contribution in [3.63, 3.8) is 0 Å². The summed E-state index contributed by atoms with van der Waals surface area (Å²) in [6.45, 7) is 0. The van der Waals surface area contributed by atoms with Crippen LogP contribution in [0.4, 0.5) is 0 Å². The van der Waals surface area contributed by atoms with E-state index in [0.29, 0.717) is 0 Å². The number of hydrogen-bond donors (Lipinski definition) is 2. The van der Waals surface area contributed by atoms with Gasteiger partial charge in [0.2, 0.25) is 0 Å². The van der Waals surface area contributed by atoms with Gasteiger partial charge in [0.25, 0.3) is 0 Å². The average Bonchev–Trinajstić information content (AvgIpc) is 2.21. The van der Waals surface area contributed by atoms with E-state index in [4.69, 9.17) is 33.6 Å². The smallest absolute Gasteiger partial charge is 0.337 e. The Morgan fingerprint density at radius 1 is 1.40 bits per heavy atom. The van der Waals surface area contributed by atoms with Gasteiger partial charge in [-0.15, -0.1) is 0 Å². The molecule has 1 aromatic carbocycles. The molecule has 0 saturated heterocycles. The Hall–Kier alpha value is -1.28. The minimum atomic E-state index is -1.75. The molecule has 6 heteroatoms. The molecule has 0 aliphatic rings. The second-order valence-corrected chi connectivity index (χ2v) is 3.44. The summed E-state index contributed by atoms with van der Waals surface area (Å²) in [6.07, 6.45) is -1.75. The van der Waals surface area contributed by atoms with Crippen molar-refractivity contribution in [1.29, 1.82) is 5.26 Å². The van der Waals surface area contributed by atoms with E-state index in [1.165, 1.54) is 12.1 Å². The summed E-state index contributed by atoms with van der Waals surface area (Å²) in [5.41, 5.74) is 0.0937. The molecule has 0 bridgehead atoms. The first kappa shape index (κ1) is 11.8. The number of benzene rings is 1. The summed E-state index contributed by atoms with van der Waals surface area (Å²) in [4.78, 5) is 10.5. The first-order valence-corrected chi connectivity index (χ1v) is 4.53. The Bertz CT molecular complexity index is 453. The van der Waals surface area contributed by atoms with Crippen LogP contribution in [0.25, 0.3) is 0 Å². The van der Waals surface area contributed by atoms with Crippen LogP contribution in [0.3, 0.4) is 0 Å². The van der Waals surface area contributed by atoms with Crippen LogP contribution in [0.5, 0.6) is 0 Å². The highest BCUT2D eigenvalue weighted by atomic mass is 35.5. The number of aliphatic hydroxyl groups excluding tert-OH is 1. The molecule has 0 spiro atoms. The highest BCUT2D eigenvalue weighted by molar-refractivity contribution is 6.43. The predicted molar refractivity (Wildman–Crippen MR) is 53.8 cm³/mol. The summed E-state index contributed by atoms with van der Waals surface area (Å²) in [7, 11) is 0. The lowest BCUT2D eigenvalue weighted by Crippen LogP contribution is -2.11. The third-order valence-electron chi connectivity index (χ3n) is 1.76. The van der Waals surface area contributed by atoms with Crippen molar-refractivity contribution in [2.75, 3.05) is 0 Å². The van der Waals surface area contributed by atoms with Crippen molar-refractivity contribution in [3.05, 3.63) is 33.3 Å². The number of halogens is 2. The summed E-state index contributed by atoms with van der Waals surface area (Å²) < 4.78 is 0. The van der Waals surface area contributed by atoms with Crippen LogP contribution in [0, 0.1) is 11.3 Å². The topological polar surface area (TPSA) is 81.3 Å². The van der Waals surface area contributed by atoms with Crippen molar-refractivity contribution < 1.29 is 15.0 Å². The fourth-order valence-corrected chi connectivity index (χ4v) is 1.48. The lowest BCUT2D eigenvalue weighted by atomic mass is 10.1. The molecule has 15 heavy (non-hydrogen) atoms. The van der Waals surface area contributed by atoms with E-state index in [-0.39, 0.29) is 21.2 Å². The SMILES string of the molecule is N#Cc1ccc(C(O)C(=O)O)c(Cl)c1Cl. The van der Waals surface area contributed by atoms with E-state index in [1.807, 2.05) is 0 Å². The average molecular weight is 246 g/mol. The van der Waals surface area contributed by atoms with Crippen molar-refractivity contribution in [1.82, 2.24) is 0 Å². The van der Waals surface area contributed by atoms with Crippen LogP contribution in [0.2, 0.25) is 10.0 Å². The Balaban J connectivity index is 3.31. The molecule has 1 rings (SSSR count). The van der Waals surface area contributed by atoms with Crippen molar-refractivity contribution in [2.45, 2.75) is 6.10 Å². The zero-order valence-corrected chi connectivity index (χ0v) is 8.75. The van der Waals surface area contributed by atoms with Crippen molar-refractivity contribution >= 4 is 29.2 Å². The molecule has 78 valence electrons. The van der Waals surface area contributed by atoms with Crippen molar-refractivity contribution in [2.24, 2.45) is 0 Å². The fraction of sp³-hybridized carbons (Fsp3) is 0.111. The van der Waals surface area contributed by atoms with Gasteiger partial charge < -0.3 is 10.2 Å². The van der Waals surface area contributed by atoms with Gasteiger partial charge in [0, 0.05) is 5.56 Å². The highest BCUT2D eigenvalue weighted by Gasteiger charge is 2.21. The zero-order valence-electron chi connectivity index (χ0n) is 7.24. The standard InChI is InChI=1S/C9H5Cl2NO3/c10-6-4(3-12)1-2-5(7(6)11)8(13)9(14)15/h1-2,8,13H,(H,14,15). The molecule has 0 amide bonds. The fourth-order valence-electron chi connectivity index (χ4n) is 0.995. The van der Waals surface area contributed by atoms with Crippen LogP contribution in [0.1, 0.15) is 17.2 Å². The molecule has 0 fully saturated rings. The van der Waals surface area contributed by atoms with Gasteiger partial charge in [-0.25, -0.2) is 4.79 Å². The molecular formula is C9H5Cl2NO3. The van der Waals surface area contributed by atoms with E-state index in [9.17, 15) is 9.90 Å². The molecule has 1 aromatic rings. The number of rotatable bonds is 2. The van der Waals surface area contributed by atoms with Gasteiger partial charge in [-0.2, -0.15) is 5.26 Å². The summed E-state index contributed by atoms with van der Waals surface area (Å²) in [6, 6.07) is 4.34. The maximum absolute atomic E-state index is 10.5. The number of aliphatic carboxylic acids is 1. The Morgan fingerprint density at radius 2 is 2.00 bits per heavy atom. The molecular weight excluding hydrogens is 241 g/mol. The second kappa shape index (κ2) is 4.49. The minimum absolute atomic E-state index is 0.0341. The van der Waals surface area contributed by atoms with Crippen LogP contribution < -0.4 is 0 Å². The number of hydrogen-bond acceptors (Lipinski definition) is 3. The number of carbonyl (C=O) groups is 1. The second-order valence-electron chi connectivity index (χ2n) is 2.68. The molecule has 0 aliphatic heterocycles. The van der Waals surface area contributed by atoms with Crippen LogP contribution in [0.15, 0.2) is 12.1 Å². The lowest BCUT2D eigenvalue weighted by Gasteiger charge is -2.09. The molecule has 0 radical (unpaired) electrons. The third-order valence-corrected chi connectivity index (χ3v) is 2.66. The highest BCUT2D eigenvalue weighted by Crippen LogP contribution is 2.32. The number of carboxylic acids is 1. The molecule has 0 saturated carbocycles. The summed E-state index contributed by atoms with van der Waals surface area (Å²) in [5.74, 6) is -1.43. The Morgan fingerprint density at radius 3 is 2.47 bits per heavy atom. The van der Waals surface area contributed by atoms with Gasteiger partial charge in [0.1, 0.15) is 6.07 Å². The van der Waals surface area contributed by atoms with E-state index in [1.54, 1.807) is 6.07 Å². The molecule has 0 aromatic heterocycles. The molecule has 1 unspecified atom stereocenters. The molecule has 1 atom stereocenters. The van der Waals surface area contributed by atoms with Crippen LogP contribution in [-0.2, 0) is 4.79 Å². The summed E-state index contributed by atoms with van der Waals surface area (Å²) in [5, 5.41) is 26.2. The largest absolute Gasteiger partial charge is 0.479 e. The quantitative estimate of drug-likeness (QED) is 0.835. The number of carboxylic acid groups (broad SMARTS) is 1. The van der Waals surface area contributed by atoms with Crippen LogP contribution in [-0.4, -0.2) is 16.2 Å². The number of aliphatic hydroxyl groups is 1. The van der Waals surface area contributed by atoms with Gasteiger partial charge in [0.15, 0.2) is 6.10 Å². The first-order valence-electron chi connectivity index (χ1n) is 3.78. The predicted octanol–water partition coefficient (Wildman–Crippen LogP) is 1.98. The zero-order chi connectivity index (χ0) is 11.6. The molecule has 4 nitrogen and oxygen atoms in total. The van der Waals surface area contributed by atoms with Gasteiger partial charge in [-0.05, 0) is 6.07 Å².